The normalized spacial score (nSPS) is 16.0. The van der Waals surface area contributed by atoms with Gasteiger partial charge in [0.1, 0.15) is 10.9 Å². The second kappa shape index (κ2) is 8.00. The number of carbonyl (C=O) groups is 2. The van der Waals surface area contributed by atoms with Crippen molar-refractivity contribution in [2.75, 3.05) is 20.3 Å². The molecule has 0 atom stereocenters. The number of hydrogen-bond acceptors (Lipinski definition) is 7. The molecular formula is C15H13BrNO5S2-. The standard InChI is InChI=1S/C15H14BrNO5S2/c1-3-17-14(20)12(24-15(17)23)5-8-4-10(21-2)11(6-9(8)16)22-7-13(18)19/h4-6H,3,7H2,1-2H3,(H,18,19)/p-1/b12-5-. The number of rotatable bonds is 6. The molecule has 1 aliphatic rings. The molecule has 128 valence electrons. The maximum absolute atomic E-state index is 12.3. The monoisotopic (exact) mass is 430 g/mol. The van der Waals surface area contributed by atoms with E-state index in [0.717, 1.165) is 0 Å². The van der Waals surface area contributed by atoms with Crippen molar-refractivity contribution < 1.29 is 24.2 Å². The fourth-order valence-electron chi connectivity index (χ4n) is 1.98. The van der Waals surface area contributed by atoms with Crippen molar-refractivity contribution in [2.24, 2.45) is 0 Å². The molecule has 0 saturated carbocycles. The topological polar surface area (TPSA) is 78.9 Å². The highest BCUT2D eigenvalue weighted by molar-refractivity contribution is 9.10. The molecule has 1 heterocycles. The van der Waals surface area contributed by atoms with Crippen LogP contribution in [0.3, 0.4) is 0 Å². The molecule has 0 spiro atoms. The average molecular weight is 431 g/mol. The van der Waals surface area contributed by atoms with Crippen LogP contribution in [-0.4, -0.2) is 41.4 Å². The summed E-state index contributed by atoms with van der Waals surface area (Å²) >= 11 is 9.79. The number of nitrogens with zero attached hydrogens (tertiary/aromatic N) is 1. The van der Waals surface area contributed by atoms with Crippen LogP contribution in [0.2, 0.25) is 0 Å². The zero-order valence-corrected chi connectivity index (χ0v) is 16.0. The molecule has 0 bridgehead atoms. The smallest absolute Gasteiger partial charge is 0.266 e. The van der Waals surface area contributed by atoms with Gasteiger partial charge in [0.15, 0.2) is 11.5 Å². The molecule has 6 nitrogen and oxygen atoms in total. The summed E-state index contributed by atoms with van der Waals surface area (Å²) in [5, 5.41) is 10.5. The molecule has 1 saturated heterocycles. The number of carbonyl (C=O) groups excluding carboxylic acids is 2. The van der Waals surface area contributed by atoms with E-state index < -0.39 is 12.6 Å². The van der Waals surface area contributed by atoms with Crippen LogP contribution in [0.25, 0.3) is 6.08 Å². The van der Waals surface area contributed by atoms with Crippen LogP contribution in [0.4, 0.5) is 0 Å². The van der Waals surface area contributed by atoms with Gasteiger partial charge in [0, 0.05) is 11.0 Å². The third-order valence-electron chi connectivity index (χ3n) is 3.10. The number of aliphatic carboxylic acids is 1. The lowest BCUT2D eigenvalue weighted by molar-refractivity contribution is -0.307. The Bertz CT molecular complexity index is 735. The van der Waals surface area contributed by atoms with Crippen LogP contribution < -0.4 is 14.6 Å². The predicted molar refractivity (Wildman–Crippen MR) is 96.7 cm³/mol. The number of benzene rings is 1. The van der Waals surface area contributed by atoms with Crippen LogP contribution in [0, 0.1) is 0 Å². The first kappa shape index (κ1) is 18.8. The van der Waals surface area contributed by atoms with E-state index in [-0.39, 0.29) is 11.7 Å². The van der Waals surface area contributed by atoms with Gasteiger partial charge < -0.3 is 19.4 Å². The molecule has 24 heavy (non-hydrogen) atoms. The summed E-state index contributed by atoms with van der Waals surface area (Å²) in [4.78, 5) is 24.8. The molecule has 0 N–H and O–H groups in total. The Morgan fingerprint density at radius 1 is 1.46 bits per heavy atom. The number of ether oxygens (including phenoxy) is 2. The highest BCUT2D eigenvalue weighted by Gasteiger charge is 2.30. The Morgan fingerprint density at radius 3 is 2.71 bits per heavy atom. The molecule has 1 aromatic rings. The van der Waals surface area contributed by atoms with Crippen molar-refractivity contribution in [1.29, 1.82) is 0 Å². The number of thioether (sulfide) groups is 1. The van der Waals surface area contributed by atoms with Crippen molar-refractivity contribution in [3.63, 3.8) is 0 Å². The number of amides is 1. The lowest BCUT2D eigenvalue weighted by Crippen LogP contribution is -2.29. The fraction of sp³-hybridized carbons (Fsp3) is 0.267. The largest absolute Gasteiger partial charge is 0.546 e. The minimum Gasteiger partial charge on any atom is -0.546 e. The third kappa shape index (κ3) is 4.08. The average Bonchev–Trinajstić information content (AvgIpc) is 2.80. The molecule has 1 aliphatic heterocycles. The van der Waals surface area contributed by atoms with E-state index in [1.165, 1.54) is 23.8 Å². The SMILES string of the molecule is CCN1C(=O)/C(=C/c2cc(OC)c(OCC(=O)[O-])cc2Br)SC1=S. The number of carboxylic acids is 1. The van der Waals surface area contributed by atoms with Gasteiger partial charge in [-0.05, 0) is 30.7 Å². The van der Waals surface area contributed by atoms with Crippen LogP contribution in [0.5, 0.6) is 11.5 Å². The Hall–Kier alpha value is -1.58. The Labute approximate surface area is 156 Å². The lowest BCUT2D eigenvalue weighted by Gasteiger charge is -2.13. The third-order valence-corrected chi connectivity index (χ3v) is 5.17. The Balaban J connectivity index is 2.35. The summed E-state index contributed by atoms with van der Waals surface area (Å²) in [7, 11) is 1.44. The maximum Gasteiger partial charge on any atom is 0.266 e. The summed E-state index contributed by atoms with van der Waals surface area (Å²) in [6, 6.07) is 3.22. The van der Waals surface area contributed by atoms with E-state index in [0.29, 0.717) is 31.6 Å². The number of halogens is 1. The maximum atomic E-state index is 12.3. The van der Waals surface area contributed by atoms with Gasteiger partial charge >= 0.3 is 0 Å². The Morgan fingerprint density at radius 2 is 2.17 bits per heavy atom. The van der Waals surface area contributed by atoms with Crippen molar-refractivity contribution >= 4 is 62.2 Å². The molecule has 1 amide bonds. The van der Waals surface area contributed by atoms with Gasteiger partial charge in [-0.2, -0.15) is 0 Å². The van der Waals surface area contributed by atoms with Crippen LogP contribution in [0.15, 0.2) is 21.5 Å². The van der Waals surface area contributed by atoms with Gasteiger partial charge in [-0.1, -0.05) is 39.9 Å². The predicted octanol–water partition coefficient (Wildman–Crippen LogP) is 1.81. The second-order valence-corrected chi connectivity index (χ2v) is 7.14. The van der Waals surface area contributed by atoms with Gasteiger partial charge in [0.05, 0.1) is 18.0 Å². The first-order chi connectivity index (χ1) is 11.4. The van der Waals surface area contributed by atoms with Gasteiger partial charge in [-0.15, -0.1) is 0 Å². The molecule has 1 fully saturated rings. The fourth-order valence-corrected chi connectivity index (χ4v) is 3.80. The van der Waals surface area contributed by atoms with E-state index >= 15 is 0 Å². The lowest BCUT2D eigenvalue weighted by atomic mass is 10.2. The zero-order valence-electron chi connectivity index (χ0n) is 12.8. The summed E-state index contributed by atoms with van der Waals surface area (Å²) < 4.78 is 11.5. The van der Waals surface area contributed by atoms with E-state index in [2.05, 4.69) is 15.9 Å². The quantitative estimate of drug-likeness (QED) is 0.502. The summed E-state index contributed by atoms with van der Waals surface area (Å²) in [5.74, 6) is -0.875. The molecule has 0 unspecified atom stereocenters. The molecule has 0 aromatic heterocycles. The van der Waals surface area contributed by atoms with Gasteiger partial charge in [-0.3, -0.25) is 9.69 Å². The van der Waals surface area contributed by atoms with E-state index in [4.69, 9.17) is 21.7 Å². The van der Waals surface area contributed by atoms with Crippen LogP contribution in [0.1, 0.15) is 12.5 Å². The first-order valence-electron chi connectivity index (χ1n) is 6.83. The van der Waals surface area contributed by atoms with Crippen LogP contribution >= 0.6 is 39.9 Å². The second-order valence-electron chi connectivity index (χ2n) is 4.61. The van der Waals surface area contributed by atoms with Crippen LogP contribution in [-0.2, 0) is 9.59 Å². The number of methoxy groups -OCH3 is 1. The summed E-state index contributed by atoms with van der Waals surface area (Å²) in [6.07, 6.45) is 1.70. The Kier molecular flexibility index (Phi) is 6.25. The summed E-state index contributed by atoms with van der Waals surface area (Å²) in [6.45, 7) is 1.79. The molecule has 2 rings (SSSR count). The first-order valence-corrected chi connectivity index (χ1v) is 8.84. The van der Waals surface area contributed by atoms with E-state index in [1.807, 2.05) is 6.92 Å². The van der Waals surface area contributed by atoms with Crippen molar-refractivity contribution in [3.05, 3.63) is 27.1 Å². The van der Waals surface area contributed by atoms with Crippen molar-refractivity contribution in [3.8, 4) is 11.5 Å². The molecule has 1 aromatic carbocycles. The molecule has 9 heteroatoms. The molecule has 0 aliphatic carbocycles. The van der Waals surface area contributed by atoms with Crippen molar-refractivity contribution in [1.82, 2.24) is 4.90 Å². The number of carboxylic acid groups (broad SMARTS) is 1. The number of hydrogen-bond donors (Lipinski definition) is 0. The van der Waals surface area contributed by atoms with E-state index in [1.54, 1.807) is 18.2 Å². The van der Waals surface area contributed by atoms with Gasteiger partial charge in [-0.25, -0.2) is 0 Å². The zero-order chi connectivity index (χ0) is 17.9. The van der Waals surface area contributed by atoms with Gasteiger partial charge in [0.2, 0.25) is 0 Å². The highest BCUT2D eigenvalue weighted by atomic mass is 79.9. The van der Waals surface area contributed by atoms with Gasteiger partial charge in [0.25, 0.3) is 5.91 Å². The highest BCUT2D eigenvalue weighted by Crippen LogP contribution is 2.38. The number of likely N-dealkylation sites (N-methyl/N-ethyl adjacent to an activating group) is 1. The van der Waals surface area contributed by atoms with E-state index in [9.17, 15) is 14.7 Å². The van der Waals surface area contributed by atoms with Crippen molar-refractivity contribution in [2.45, 2.75) is 6.92 Å². The minimum atomic E-state index is -1.33. The molecule has 0 radical (unpaired) electrons. The number of thiocarbonyl (C=S) groups is 1. The molecular weight excluding hydrogens is 418 g/mol. The minimum absolute atomic E-state index is 0.143. The summed E-state index contributed by atoms with van der Waals surface area (Å²) in [5.41, 5.74) is 0.684.